The molecular formula is C6H5N2O. The van der Waals surface area contributed by atoms with E-state index in [9.17, 15) is 4.79 Å². The second-order valence-corrected chi connectivity index (χ2v) is 1.45. The van der Waals surface area contributed by atoms with E-state index in [1.807, 2.05) is 0 Å². The van der Waals surface area contributed by atoms with Crippen LogP contribution in [-0.4, -0.2) is 16.3 Å². The molecule has 0 amide bonds. The molecule has 45 valence electrons. The van der Waals surface area contributed by atoms with Gasteiger partial charge in [0.2, 0.25) is 6.29 Å². The molecule has 0 aliphatic heterocycles. The van der Waals surface area contributed by atoms with Crippen molar-refractivity contribution in [3.05, 3.63) is 24.3 Å². The minimum absolute atomic E-state index is 0.735. The number of nitrogens with zero attached hydrogens (tertiary/aromatic N) is 1. The van der Waals surface area contributed by atoms with Gasteiger partial charge in [-0.15, -0.1) is 0 Å². The van der Waals surface area contributed by atoms with Crippen LogP contribution in [0.2, 0.25) is 0 Å². The number of aromatic amines is 1. The van der Waals surface area contributed by atoms with Crippen LogP contribution in [0.4, 0.5) is 0 Å². The quantitative estimate of drug-likeness (QED) is 0.580. The van der Waals surface area contributed by atoms with Crippen molar-refractivity contribution in [3.8, 4) is 0 Å². The lowest BCUT2D eigenvalue weighted by molar-refractivity contribution is 0.564. The van der Waals surface area contributed by atoms with Gasteiger partial charge in [0.1, 0.15) is 0 Å². The SMILES string of the molecule is O=[C]/C=C/c1c[nH]cn1. The van der Waals surface area contributed by atoms with Gasteiger partial charge in [-0.1, -0.05) is 0 Å². The topological polar surface area (TPSA) is 45.8 Å². The monoisotopic (exact) mass is 121 g/mol. The third-order valence-corrected chi connectivity index (χ3v) is 0.842. The van der Waals surface area contributed by atoms with Gasteiger partial charge in [0.15, 0.2) is 0 Å². The molecule has 3 heteroatoms. The number of rotatable bonds is 2. The number of hydrogen-bond donors (Lipinski definition) is 1. The van der Waals surface area contributed by atoms with Gasteiger partial charge in [0.05, 0.1) is 12.0 Å². The van der Waals surface area contributed by atoms with Crippen LogP contribution in [0.15, 0.2) is 18.6 Å². The molecule has 0 unspecified atom stereocenters. The number of aromatic nitrogens is 2. The minimum atomic E-state index is 0.735. The summed E-state index contributed by atoms with van der Waals surface area (Å²) in [4.78, 5) is 16.2. The zero-order chi connectivity index (χ0) is 6.53. The first-order valence-electron chi connectivity index (χ1n) is 2.46. The molecule has 0 spiro atoms. The maximum Gasteiger partial charge on any atom is 0.225 e. The lowest BCUT2D eigenvalue weighted by Gasteiger charge is -1.73. The molecule has 1 rings (SSSR count). The highest BCUT2D eigenvalue weighted by atomic mass is 16.1. The van der Waals surface area contributed by atoms with E-state index >= 15 is 0 Å². The molecule has 3 nitrogen and oxygen atoms in total. The molecular weight excluding hydrogens is 116 g/mol. The normalized spacial score (nSPS) is 10.2. The number of carbonyl (C=O) groups excluding carboxylic acids is 1. The molecule has 1 aromatic heterocycles. The number of imidazole rings is 1. The summed E-state index contributed by atoms with van der Waals surface area (Å²) in [6.07, 6.45) is 7.70. The molecule has 0 aliphatic carbocycles. The first-order chi connectivity index (χ1) is 4.43. The molecule has 1 radical (unpaired) electrons. The van der Waals surface area contributed by atoms with Crippen molar-refractivity contribution in [1.29, 1.82) is 0 Å². The average molecular weight is 121 g/mol. The second-order valence-electron chi connectivity index (χ2n) is 1.45. The number of H-pyrrole nitrogens is 1. The summed E-state index contributed by atoms with van der Waals surface area (Å²) in [5.74, 6) is 0. The molecule has 0 saturated carbocycles. The van der Waals surface area contributed by atoms with Gasteiger partial charge in [-0.2, -0.15) is 0 Å². The maximum atomic E-state index is 9.65. The van der Waals surface area contributed by atoms with Gasteiger partial charge >= 0.3 is 0 Å². The van der Waals surface area contributed by atoms with Gasteiger partial charge in [-0.25, -0.2) is 4.98 Å². The van der Waals surface area contributed by atoms with Crippen molar-refractivity contribution in [3.63, 3.8) is 0 Å². The summed E-state index contributed by atoms with van der Waals surface area (Å²) in [7, 11) is 0. The third kappa shape index (κ3) is 1.53. The fourth-order valence-electron chi connectivity index (χ4n) is 0.482. The Bertz CT molecular complexity index is 201. The van der Waals surface area contributed by atoms with E-state index < -0.39 is 0 Å². The summed E-state index contributed by atoms with van der Waals surface area (Å²) in [5.41, 5.74) is 0.735. The van der Waals surface area contributed by atoms with Gasteiger partial charge < -0.3 is 4.98 Å². The molecule has 0 atom stereocenters. The van der Waals surface area contributed by atoms with Crippen molar-refractivity contribution in [2.24, 2.45) is 0 Å². The van der Waals surface area contributed by atoms with E-state index in [0.29, 0.717) is 0 Å². The highest BCUT2D eigenvalue weighted by Gasteiger charge is 1.82. The summed E-state index contributed by atoms with van der Waals surface area (Å²) in [6, 6.07) is 0. The van der Waals surface area contributed by atoms with Gasteiger partial charge in [-0.05, 0) is 12.2 Å². The third-order valence-electron chi connectivity index (χ3n) is 0.842. The first kappa shape index (κ1) is 5.75. The van der Waals surface area contributed by atoms with Crippen molar-refractivity contribution >= 4 is 12.4 Å². The Labute approximate surface area is 52.4 Å². The fraction of sp³-hybridized carbons (Fsp3) is 0. The Balaban J connectivity index is 2.67. The maximum absolute atomic E-state index is 9.65. The van der Waals surface area contributed by atoms with Crippen molar-refractivity contribution in [2.75, 3.05) is 0 Å². The van der Waals surface area contributed by atoms with E-state index in [1.54, 1.807) is 24.9 Å². The zero-order valence-corrected chi connectivity index (χ0v) is 4.66. The molecule has 1 N–H and O–H groups in total. The second kappa shape index (κ2) is 2.81. The van der Waals surface area contributed by atoms with Crippen LogP contribution in [0.25, 0.3) is 6.08 Å². The van der Waals surface area contributed by atoms with Crippen LogP contribution in [0.5, 0.6) is 0 Å². The zero-order valence-electron chi connectivity index (χ0n) is 4.66. The van der Waals surface area contributed by atoms with Gasteiger partial charge in [-0.3, -0.25) is 4.79 Å². The average Bonchev–Trinajstić information content (AvgIpc) is 2.34. The summed E-state index contributed by atoms with van der Waals surface area (Å²) < 4.78 is 0. The molecule has 0 saturated heterocycles. The van der Waals surface area contributed by atoms with Crippen molar-refractivity contribution in [2.45, 2.75) is 0 Å². The number of allylic oxidation sites excluding steroid dienone is 1. The molecule has 0 bridgehead atoms. The van der Waals surface area contributed by atoms with Gasteiger partial charge in [0.25, 0.3) is 0 Å². The fourth-order valence-corrected chi connectivity index (χ4v) is 0.482. The highest BCUT2D eigenvalue weighted by molar-refractivity contribution is 5.73. The minimum Gasteiger partial charge on any atom is -0.351 e. The van der Waals surface area contributed by atoms with Crippen molar-refractivity contribution < 1.29 is 4.79 Å². The number of nitrogens with one attached hydrogen (secondary N) is 1. The van der Waals surface area contributed by atoms with E-state index in [0.717, 1.165) is 5.69 Å². The number of hydrogen-bond acceptors (Lipinski definition) is 2. The van der Waals surface area contributed by atoms with Crippen LogP contribution in [0, 0.1) is 0 Å². The van der Waals surface area contributed by atoms with Crippen LogP contribution in [0.1, 0.15) is 5.69 Å². The van der Waals surface area contributed by atoms with Crippen LogP contribution < -0.4 is 0 Å². The molecule has 9 heavy (non-hydrogen) atoms. The lowest BCUT2D eigenvalue weighted by Crippen LogP contribution is -1.66. The molecule has 0 aliphatic rings. The Hall–Kier alpha value is -1.38. The van der Waals surface area contributed by atoms with Crippen LogP contribution in [0.3, 0.4) is 0 Å². The van der Waals surface area contributed by atoms with E-state index in [4.69, 9.17) is 0 Å². The molecule has 1 aromatic rings. The van der Waals surface area contributed by atoms with Gasteiger partial charge in [0, 0.05) is 6.20 Å². The van der Waals surface area contributed by atoms with Crippen molar-refractivity contribution in [1.82, 2.24) is 9.97 Å². The predicted molar refractivity (Wildman–Crippen MR) is 33.3 cm³/mol. The standard InChI is InChI=1S/C6H5N2O/c9-3-1-2-6-4-7-5-8-6/h1-2,4-5H,(H,7,8)/b2-1+. The summed E-state index contributed by atoms with van der Waals surface area (Å²) in [6.45, 7) is 0. The van der Waals surface area contributed by atoms with Crippen LogP contribution >= 0.6 is 0 Å². The van der Waals surface area contributed by atoms with E-state index in [-0.39, 0.29) is 0 Å². The molecule has 0 fully saturated rings. The van der Waals surface area contributed by atoms with Crippen LogP contribution in [-0.2, 0) is 4.79 Å². The Morgan fingerprint density at radius 1 is 1.78 bits per heavy atom. The summed E-state index contributed by atoms with van der Waals surface area (Å²) >= 11 is 0. The smallest absolute Gasteiger partial charge is 0.225 e. The Morgan fingerprint density at radius 2 is 2.67 bits per heavy atom. The molecule has 0 aromatic carbocycles. The van der Waals surface area contributed by atoms with E-state index in [2.05, 4.69) is 9.97 Å². The van der Waals surface area contributed by atoms with E-state index in [1.165, 1.54) is 6.08 Å². The highest BCUT2D eigenvalue weighted by Crippen LogP contribution is 1.91. The lowest BCUT2D eigenvalue weighted by atomic mass is 10.4. The molecule has 1 heterocycles. The predicted octanol–water partition coefficient (Wildman–Crippen LogP) is 0.533. The first-order valence-corrected chi connectivity index (χ1v) is 2.46. The summed E-state index contributed by atoms with van der Waals surface area (Å²) in [5, 5.41) is 0. The Kier molecular flexibility index (Phi) is 1.80. The largest absolute Gasteiger partial charge is 0.351 e. The Morgan fingerprint density at radius 3 is 3.22 bits per heavy atom.